The van der Waals surface area contributed by atoms with Crippen molar-refractivity contribution in [1.29, 1.82) is 0 Å². The lowest BCUT2D eigenvalue weighted by Gasteiger charge is -2.37. The Morgan fingerprint density at radius 2 is 1.87 bits per heavy atom. The van der Waals surface area contributed by atoms with E-state index in [4.69, 9.17) is 25.8 Å². The Kier molecular flexibility index (Phi) is 7.79. The lowest BCUT2D eigenvalue weighted by Crippen LogP contribution is -2.48. The normalized spacial score (nSPS) is 20.5. The van der Waals surface area contributed by atoms with E-state index < -0.39 is 16.1 Å². The summed E-state index contributed by atoms with van der Waals surface area (Å²) in [5.74, 6) is 1.43. The van der Waals surface area contributed by atoms with Crippen LogP contribution in [0.5, 0.6) is 17.2 Å². The Balaban J connectivity index is 1.39. The summed E-state index contributed by atoms with van der Waals surface area (Å²) in [6.45, 7) is -0.0240. The van der Waals surface area contributed by atoms with Gasteiger partial charge in [0.2, 0.25) is 0 Å². The Labute approximate surface area is 235 Å². The highest BCUT2D eigenvalue weighted by atomic mass is 35.5. The van der Waals surface area contributed by atoms with Crippen molar-refractivity contribution < 1.29 is 32.5 Å². The van der Waals surface area contributed by atoms with Crippen LogP contribution in [0.25, 0.3) is 0 Å². The molecule has 0 radical (unpaired) electrons. The molecular formula is C26H28ClN3O7S2. The minimum absolute atomic E-state index is 0.0108. The van der Waals surface area contributed by atoms with E-state index in [1.165, 1.54) is 39.8 Å². The van der Waals surface area contributed by atoms with Crippen molar-refractivity contribution in [2.75, 3.05) is 18.5 Å². The highest BCUT2D eigenvalue weighted by molar-refractivity contribution is 7.93. The summed E-state index contributed by atoms with van der Waals surface area (Å²) < 4.78 is 45.8. The molecule has 3 heterocycles. The second-order valence-corrected chi connectivity index (χ2v) is 12.5. The second kappa shape index (κ2) is 11.1. The molecule has 1 amide bonds. The van der Waals surface area contributed by atoms with E-state index in [1.807, 2.05) is 0 Å². The Hall–Kier alpha value is -3.22. The van der Waals surface area contributed by atoms with Crippen molar-refractivity contribution in [2.45, 2.75) is 55.3 Å². The third-order valence-corrected chi connectivity index (χ3v) is 10.1. The number of nitrogens with zero attached hydrogens (tertiary/aromatic N) is 3. The highest BCUT2D eigenvalue weighted by Gasteiger charge is 2.44. The maximum absolute atomic E-state index is 13.9. The van der Waals surface area contributed by atoms with Gasteiger partial charge in [0.05, 0.1) is 30.7 Å². The van der Waals surface area contributed by atoms with Crippen molar-refractivity contribution in [3.05, 3.63) is 58.6 Å². The number of hydrogen-bond acceptors (Lipinski definition) is 8. The molecule has 0 unspecified atom stereocenters. The fraction of sp³-hybridized carbons (Fsp3) is 0.385. The molecule has 39 heavy (non-hydrogen) atoms. The molecule has 2 aliphatic rings. The van der Waals surface area contributed by atoms with E-state index in [0.29, 0.717) is 40.8 Å². The van der Waals surface area contributed by atoms with Gasteiger partial charge in [0.25, 0.3) is 10.0 Å². The zero-order chi connectivity index (χ0) is 27.7. The number of fused-ring (bicyclic) bond motifs is 2. The predicted octanol–water partition coefficient (Wildman–Crippen LogP) is 5.26. The fourth-order valence-electron chi connectivity index (χ4n) is 5.31. The third-order valence-electron chi connectivity index (χ3n) is 7.14. The SMILES string of the molecule is COc1ccc(CN(c2nccs2)S(=O)(=O)c2ccc(O[C@H]3C[C@H]4CC[C@@H](C3)N4C(=O)O)c(Cl)c2)c(OC)c1. The number of aromatic nitrogens is 1. The topological polar surface area (TPSA) is 118 Å². The summed E-state index contributed by atoms with van der Waals surface area (Å²) in [4.78, 5) is 17.3. The van der Waals surface area contributed by atoms with Crippen LogP contribution in [0.4, 0.5) is 9.93 Å². The molecule has 5 rings (SSSR count). The van der Waals surface area contributed by atoms with Crippen LogP contribution in [0.15, 0.2) is 52.9 Å². The number of anilines is 1. The number of carboxylic acid groups (broad SMARTS) is 1. The number of rotatable bonds is 9. The van der Waals surface area contributed by atoms with Gasteiger partial charge in [-0.15, -0.1) is 11.3 Å². The second-order valence-electron chi connectivity index (χ2n) is 9.38. The number of methoxy groups -OCH3 is 2. The number of benzene rings is 2. The van der Waals surface area contributed by atoms with Crippen LogP contribution < -0.4 is 18.5 Å². The zero-order valence-corrected chi connectivity index (χ0v) is 23.7. The van der Waals surface area contributed by atoms with Crippen molar-refractivity contribution in [2.24, 2.45) is 0 Å². The van der Waals surface area contributed by atoms with Crippen molar-refractivity contribution in [1.82, 2.24) is 9.88 Å². The molecule has 0 aliphatic carbocycles. The Morgan fingerprint density at radius 3 is 2.46 bits per heavy atom. The van der Waals surface area contributed by atoms with Gasteiger partial charge in [0.1, 0.15) is 23.4 Å². The Bertz CT molecular complexity index is 1440. The van der Waals surface area contributed by atoms with Gasteiger partial charge in [-0.25, -0.2) is 22.5 Å². The molecule has 3 aromatic rings. The fourth-order valence-corrected chi connectivity index (χ4v) is 7.90. The van der Waals surface area contributed by atoms with Crippen LogP contribution in [0.3, 0.4) is 0 Å². The lowest BCUT2D eigenvalue weighted by molar-refractivity contribution is 0.0496. The van der Waals surface area contributed by atoms with Crippen LogP contribution in [-0.2, 0) is 16.6 Å². The quantitative estimate of drug-likeness (QED) is 0.357. The summed E-state index contributed by atoms with van der Waals surface area (Å²) >= 11 is 7.73. The molecular weight excluding hydrogens is 566 g/mol. The molecule has 2 aromatic carbocycles. The van der Waals surface area contributed by atoms with Crippen LogP contribution in [0, 0.1) is 0 Å². The molecule has 1 aromatic heterocycles. The molecule has 0 saturated carbocycles. The summed E-state index contributed by atoms with van der Waals surface area (Å²) in [5, 5.41) is 11.7. The molecule has 13 heteroatoms. The van der Waals surface area contributed by atoms with Crippen LogP contribution in [0.2, 0.25) is 5.02 Å². The number of amides is 1. The largest absolute Gasteiger partial charge is 0.497 e. The van der Waals surface area contributed by atoms with E-state index in [1.54, 1.807) is 43.0 Å². The van der Waals surface area contributed by atoms with Gasteiger partial charge < -0.3 is 24.2 Å². The summed E-state index contributed by atoms with van der Waals surface area (Å²) in [6, 6.07) is 9.41. The number of ether oxygens (including phenoxy) is 3. The molecule has 2 saturated heterocycles. The van der Waals surface area contributed by atoms with Gasteiger partial charge in [-0.3, -0.25) is 0 Å². The van der Waals surface area contributed by atoms with E-state index in [2.05, 4.69) is 4.98 Å². The maximum atomic E-state index is 13.9. The smallest absolute Gasteiger partial charge is 0.407 e. The van der Waals surface area contributed by atoms with Gasteiger partial charge in [0, 0.05) is 48.1 Å². The van der Waals surface area contributed by atoms with Gasteiger partial charge in [0.15, 0.2) is 5.13 Å². The van der Waals surface area contributed by atoms with Gasteiger partial charge >= 0.3 is 6.09 Å². The standard InChI is InChI=1S/C26H28ClN3O7S2/c1-35-19-6-3-16(24(13-19)36-2)15-29(25-28-9-10-38-25)39(33,34)21-7-8-23(22(27)14-21)37-20-11-17-4-5-18(12-20)30(17)26(31)32/h3,6-10,13-14,17-18,20H,4-5,11-12,15H2,1-2H3,(H,31,32)/t17-,18+,20+. The maximum Gasteiger partial charge on any atom is 0.407 e. The first kappa shape index (κ1) is 27.4. The van der Waals surface area contributed by atoms with Crippen LogP contribution in [0.1, 0.15) is 31.2 Å². The first-order chi connectivity index (χ1) is 18.7. The summed E-state index contributed by atoms with van der Waals surface area (Å²) in [6.07, 6.45) is 3.21. The number of carbonyl (C=O) groups is 1. The third kappa shape index (κ3) is 5.45. The van der Waals surface area contributed by atoms with Gasteiger partial charge in [-0.05, 0) is 43.2 Å². The number of thiazole rings is 1. The molecule has 1 N–H and O–H groups in total. The van der Waals surface area contributed by atoms with E-state index in [-0.39, 0.29) is 34.7 Å². The summed E-state index contributed by atoms with van der Waals surface area (Å²) in [5.41, 5.74) is 0.630. The number of hydrogen-bond donors (Lipinski definition) is 1. The molecule has 2 aliphatic heterocycles. The van der Waals surface area contributed by atoms with E-state index in [9.17, 15) is 18.3 Å². The number of sulfonamides is 1. The van der Waals surface area contributed by atoms with Crippen LogP contribution in [-0.4, -0.2) is 61.9 Å². The van der Waals surface area contributed by atoms with Crippen molar-refractivity contribution in [3.8, 4) is 17.2 Å². The predicted molar refractivity (Wildman–Crippen MR) is 147 cm³/mol. The number of piperidine rings is 1. The zero-order valence-electron chi connectivity index (χ0n) is 21.3. The Morgan fingerprint density at radius 1 is 1.13 bits per heavy atom. The lowest BCUT2D eigenvalue weighted by atomic mass is 10.0. The first-order valence-electron chi connectivity index (χ1n) is 12.3. The monoisotopic (exact) mass is 593 g/mol. The summed E-state index contributed by atoms with van der Waals surface area (Å²) in [7, 11) is -1.02. The van der Waals surface area contributed by atoms with E-state index >= 15 is 0 Å². The molecule has 10 nitrogen and oxygen atoms in total. The molecule has 3 atom stereocenters. The van der Waals surface area contributed by atoms with E-state index in [0.717, 1.165) is 12.8 Å². The molecule has 208 valence electrons. The average molecular weight is 594 g/mol. The number of halogens is 1. The highest BCUT2D eigenvalue weighted by Crippen LogP contribution is 2.39. The van der Waals surface area contributed by atoms with Crippen LogP contribution >= 0.6 is 22.9 Å². The molecule has 0 spiro atoms. The molecule has 2 fully saturated rings. The average Bonchev–Trinajstić information content (AvgIpc) is 3.54. The van der Waals surface area contributed by atoms with Crippen molar-refractivity contribution >= 4 is 44.2 Å². The first-order valence-corrected chi connectivity index (χ1v) is 15.0. The van der Waals surface area contributed by atoms with Crippen molar-refractivity contribution in [3.63, 3.8) is 0 Å². The minimum atomic E-state index is -4.08. The minimum Gasteiger partial charge on any atom is -0.497 e. The van der Waals surface area contributed by atoms with Gasteiger partial charge in [-0.1, -0.05) is 11.6 Å². The van der Waals surface area contributed by atoms with Gasteiger partial charge in [-0.2, -0.15) is 0 Å². The molecule has 2 bridgehead atoms.